The van der Waals surface area contributed by atoms with E-state index in [0.717, 1.165) is 24.3 Å². The fraction of sp³-hybridized carbons (Fsp3) is 0.500. The summed E-state index contributed by atoms with van der Waals surface area (Å²) in [6.45, 7) is 6.60. The zero-order valence-electron chi connectivity index (χ0n) is 12.0. The van der Waals surface area contributed by atoms with Gasteiger partial charge in [-0.15, -0.1) is 0 Å². The molecule has 0 amide bonds. The van der Waals surface area contributed by atoms with Crippen molar-refractivity contribution in [2.75, 3.05) is 14.2 Å². The SMILES string of the molecule is COc1cc(C)cc([C@@]2(C)CCC=C2C)c1OC. The Morgan fingerprint density at radius 1 is 1.11 bits per heavy atom. The average Bonchev–Trinajstić information content (AvgIpc) is 2.69. The van der Waals surface area contributed by atoms with Crippen molar-refractivity contribution < 1.29 is 9.47 Å². The third-order valence-corrected chi connectivity index (χ3v) is 4.18. The smallest absolute Gasteiger partial charge is 0.164 e. The number of rotatable bonds is 3. The average molecular weight is 246 g/mol. The summed E-state index contributed by atoms with van der Waals surface area (Å²) in [4.78, 5) is 0. The van der Waals surface area contributed by atoms with Gasteiger partial charge in [-0.05, 0) is 38.3 Å². The molecule has 0 aromatic heterocycles. The lowest BCUT2D eigenvalue weighted by molar-refractivity contribution is 0.344. The van der Waals surface area contributed by atoms with Crippen LogP contribution in [0, 0.1) is 6.92 Å². The van der Waals surface area contributed by atoms with Crippen molar-refractivity contribution in [2.45, 2.75) is 39.0 Å². The van der Waals surface area contributed by atoms with Crippen molar-refractivity contribution in [1.29, 1.82) is 0 Å². The van der Waals surface area contributed by atoms with Gasteiger partial charge in [-0.3, -0.25) is 0 Å². The molecule has 0 saturated carbocycles. The fourth-order valence-corrected chi connectivity index (χ4v) is 2.86. The molecular weight excluding hydrogens is 224 g/mol. The maximum absolute atomic E-state index is 5.60. The fourth-order valence-electron chi connectivity index (χ4n) is 2.86. The van der Waals surface area contributed by atoms with Crippen molar-refractivity contribution in [1.82, 2.24) is 0 Å². The van der Waals surface area contributed by atoms with E-state index < -0.39 is 0 Å². The summed E-state index contributed by atoms with van der Waals surface area (Å²) < 4.78 is 11.0. The van der Waals surface area contributed by atoms with Gasteiger partial charge in [-0.1, -0.05) is 24.6 Å². The summed E-state index contributed by atoms with van der Waals surface area (Å²) >= 11 is 0. The molecule has 1 aliphatic carbocycles. The highest BCUT2D eigenvalue weighted by Crippen LogP contribution is 2.48. The van der Waals surface area contributed by atoms with E-state index >= 15 is 0 Å². The lowest BCUT2D eigenvalue weighted by Crippen LogP contribution is -2.21. The number of allylic oxidation sites excluding steroid dienone is 2. The third kappa shape index (κ3) is 1.90. The molecular formula is C16H22O2. The zero-order chi connectivity index (χ0) is 13.3. The second kappa shape index (κ2) is 4.68. The Kier molecular flexibility index (Phi) is 3.38. The topological polar surface area (TPSA) is 18.5 Å². The van der Waals surface area contributed by atoms with Crippen LogP contribution in [0.2, 0.25) is 0 Å². The van der Waals surface area contributed by atoms with Crippen molar-refractivity contribution in [3.05, 3.63) is 34.9 Å². The normalized spacial score (nSPS) is 22.8. The molecule has 0 bridgehead atoms. The molecule has 0 fully saturated rings. The standard InChI is InChI=1S/C16H22O2/c1-11-9-13(15(18-5)14(10-11)17-4)16(3)8-6-7-12(16)2/h7,9-10H,6,8H2,1-5H3/t16-/m0/s1. The van der Waals surface area contributed by atoms with E-state index in [4.69, 9.17) is 9.47 Å². The minimum Gasteiger partial charge on any atom is -0.493 e. The molecule has 18 heavy (non-hydrogen) atoms. The molecule has 0 N–H and O–H groups in total. The summed E-state index contributed by atoms with van der Waals surface area (Å²) in [6.07, 6.45) is 4.61. The molecule has 0 saturated heterocycles. The van der Waals surface area contributed by atoms with E-state index in [0.29, 0.717) is 0 Å². The van der Waals surface area contributed by atoms with Gasteiger partial charge < -0.3 is 9.47 Å². The van der Waals surface area contributed by atoms with Crippen LogP contribution in [-0.2, 0) is 5.41 Å². The number of hydrogen-bond acceptors (Lipinski definition) is 2. The van der Waals surface area contributed by atoms with E-state index in [1.165, 1.54) is 16.7 Å². The Bertz CT molecular complexity index is 488. The molecule has 1 aromatic carbocycles. The van der Waals surface area contributed by atoms with E-state index in [1.54, 1.807) is 14.2 Å². The molecule has 0 unspecified atom stereocenters. The predicted octanol–water partition coefficient (Wildman–Crippen LogP) is 4.01. The van der Waals surface area contributed by atoms with Gasteiger partial charge >= 0.3 is 0 Å². The number of benzene rings is 1. The lowest BCUT2D eigenvalue weighted by atomic mass is 9.76. The molecule has 1 atom stereocenters. The molecule has 1 aromatic rings. The van der Waals surface area contributed by atoms with Gasteiger partial charge in [0.25, 0.3) is 0 Å². The first-order valence-corrected chi connectivity index (χ1v) is 6.43. The van der Waals surface area contributed by atoms with Crippen molar-refractivity contribution >= 4 is 0 Å². The predicted molar refractivity (Wildman–Crippen MR) is 74.6 cm³/mol. The molecule has 98 valence electrons. The minimum absolute atomic E-state index is 0.0741. The molecule has 2 nitrogen and oxygen atoms in total. The second-order valence-electron chi connectivity index (χ2n) is 5.31. The van der Waals surface area contributed by atoms with Crippen LogP contribution in [0.15, 0.2) is 23.8 Å². The monoisotopic (exact) mass is 246 g/mol. The van der Waals surface area contributed by atoms with Gasteiger partial charge in [0.1, 0.15) is 0 Å². The molecule has 2 heteroatoms. The second-order valence-corrected chi connectivity index (χ2v) is 5.31. The summed E-state index contributed by atoms with van der Waals surface area (Å²) in [6, 6.07) is 4.25. The van der Waals surface area contributed by atoms with Gasteiger partial charge in [-0.2, -0.15) is 0 Å². The van der Waals surface area contributed by atoms with E-state index in [1.807, 2.05) is 6.07 Å². The molecule has 0 radical (unpaired) electrons. The van der Waals surface area contributed by atoms with Gasteiger partial charge in [0.15, 0.2) is 11.5 Å². The van der Waals surface area contributed by atoms with Crippen LogP contribution < -0.4 is 9.47 Å². The highest BCUT2D eigenvalue weighted by Gasteiger charge is 2.35. The Morgan fingerprint density at radius 2 is 1.83 bits per heavy atom. The van der Waals surface area contributed by atoms with Crippen LogP contribution in [0.4, 0.5) is 0 Å². The van der Waals surface area contributed by atoms with Gasteiger partial charge in [-0.25, -0.2) is 0 Å². The largest absolute Gasteiger partial charge is 0.493 e. The Balaban J connectivity index is 2.63. The first-order valence-electron chi connectivity index (χ1n) is 6.43. The van der Waals surface area contributed by atoms with Crippen LogP contribution in [0.25, 0.3) is 0 Å². The van der Waals surface area contributed by atoms with Gasteiger partial charge in [0, 0.05) is 11.0 Å². The van der Waals surface area contributed by atoms with E-state index in [9.17, 15) is 0 Å². The first-order chi connectivity index (χ1) is 8.52. The van der Waals surface area contributed by atoms with Gasteiger partial charge in [0.05, 0.1) is 14.2 Å². The number of hydrogen-bond donors (Lipinski definition) is 0. The minimum atomic E-state index is 0.0741. The Morgan fingerprint density at radius 3 is 2.33 bits per heavy atom. The van der Waals surface area contributed by atoms with Crippen LogP contribution in [0.3, 0.4) is 0 Å². The summed E-state index contributed by atoms with van der Waals surface area (Å²) in [5.74, 6) is 1.70. The van der Waals surface area contributed by atoms with Gasteiger partial charge in [0.2, 0.25) is 0 Å². The summed E-state index contributed by atoms with van der Waals surface area (Å²) in [5, 5.41) is 0. The molecule has 0 heterocycles. The number of ether oxygens (including phenoxy) is 2. The molecule has 1 aliphatic rings. The molecule has 0 aliphatic heterocycles. The van der Waals surface area contributed by atoms with Crippen LogP contribution >= 0.6 is 0 Å². The summed E-state index contributed by atoms with van der Waals surface area (Å²) in [7, 11) is 3.41. The van der Waals surface area contributed by atoms with Crippen molar-refractivity contribution in [2.24, 2.45) is 0 Å². The number of aryl methyl sites for hydroxylation is 1. The third-order valence-electron chi connectivity index (χ3n) is 4.18. The maximum Gasteiger partial charge on any atom is 0.164 e. The number of methoxy groups -OCH3 is 2. The van der Waals surface area contributed by atoms with Crippen molar-refractivity contribution in [3.8, 4) is 11.5 Å². The maximum atomic E-state index is 5.60. The zero-order valence-corrected chi connectivity index (χ0v) is 12.0. The van der Waals surface area contributed by atoms with E-state index in [-0.39, 0.29) is 5.41 Å². The Labute approximate surface area is 110 Å². The summed E-state index contributed by atoms with van der Waals surface area (Å²) in [5.41, 5.74) is 3.95. The van der Waals surface area contributed by atoms with Crippen LogP contribution in [-0.4, -0.2) is 14.2 Å². The van der Waals surface area contributed by atoms with Crippen molar-refractivity contribution in [3.63, 3.8) is 0 Å². The Hall–Kier alpha value is -1.44. The van der Waals surface area contributed by atoms with Crippen LogP contribution in [0.5, 0.6) is 11.5 Å². The van der Waals surface area contributed by atoms with Crippen LogP contribution in [0.1, 0.15) is 37.8 Å². The molecule has 0 spiro atoms. The van der Waals surface area contributed by atoms with E-state index in [2.05, 4.69) is 32.9 Å². The molecule has 2 rings (SSSR count). The highest BCUT2D eigenvalue weighted by molar-refractivity contribution is 5.55. The highest BCUT2D eigenvalue weighted by atomic mass is 16.5. The first kappa shape index (κ1) is 13.0. The quantitative estimate of drug-likeness (QED) is 0.750. The lowest BCUT2D eigenvalue weighted by Gasteiger charge is -2.30.